The molecule has 0 spiro atoms. The molecule has 0 aliphatic carbocycles. The van der Waals surface area contributed by atoms with Gasteiger partial charge in [-0.15, -0.1) is 24.8 Å². The van der Waals surface area contributed by atoms with E-state index in [1.165, 1.54) is 7.11 Å². The number of methoxy groups -OCH3 is 4. The van der Waals surface area contributed by atoms with Crippen molar-refractivity contribution in [2.24, 2.45) is 0 Å². The van der Waals surface area contributed by atoms with Gasteiger partial charge in [0.1, 0.15) is 0 Å². The summed E-state index contributed by atoms with van der Waals surface area (Å²) in [6.07, 6.45) is 3.80. The largest absolute Gasteiger partial charge is 0.493 e. The van der Waals surface area contributed by atoms with E-state index < -0.39 is 0 Å². The number of rotatable bonds is 6. The summed E-state index contributed by atoms with van der Waals surface area (Å²) in [6.45, 7) is 0. The summed E-state index contributed by atoms with van der Waals surface area (Å²) in [5.74, 6) is 2.21. The predicted octanol–water partition coefficient (Wildman–Crippen LogP) is 3.90. The average Bonchev–Trinajstić information content (AvgIpc) is 2.58. The fraction of sp³-hybridized carbons (Fsp3) is 0.222. The van der Waals surface area contributed by atoms with Gasteiger partial charge in [-0.25, -0.2) is 0 Å². The Kier molecular flexibility index (Phi) is 9.54. The van der Waals surface area contributed by atoms with Crippen LogP contribution in [-0.2, 0) is 0 Å². The molecule has 2 rings (SSSR count). The zero-order valence-corrected chi connectivity index (χ0v) is 16.7. The summed E-state index contributed by atoms with van der Waals surface area (Å²) < 4.78 is 21.2. The third-order valence-corrected chi connectivity index (χ3v) is 3.53. The smallest absolute Gasteiger partial charge is 0.203 e. The number of nitrogens with two attached hydrogens (primary N) is 2. The monoisotopic (exact) mass is 402 g/mol. The summed E-state index contributed by atoms with van der Waals surface area (Å²) >= 11 is 0. The lowest BCUT2D eigenvalue weighted by Gasteiger charge is -2.13. The topological polar surface area (TPSA) is 89.0 Å². The molecule has 144 valence electrons. The molecular weight excluding hydrogens is 379 g/mol. The van der Waals surface area contributed by atoms with Crippen LogP contribution in [0.3, 0.4) is 0 Å². The van der Waals surface area contributed by atoms with Crippen molar-refractivity contribution in [3.63, 3.8) is 0 Å². The minimum Gasteiger partial charge on any atom is -0.493 e. The Morgan fingerprint density at radius 3 is 1.35 bits per heavy atom. The van der Waals surface area contributed by atoms with E-state index >= 15 is 0 Å². The van der Waals surface area contributed by atoms with Crippen LogP contribution in [0.1, 0.15) is 11.1 Å². The van der Waals surface area contributed by atoms with Crippen LogP contribution in [-0.4, -0.2) is 28.4 Å². The van der Waals surface area contributed by atoms with Gasteiger partial charge in [0.25, 0.3) is 0 Å². The number of ether oxygens (including phenoxy) is 4. The first-order chi connectivity index (χ1) is 11.5. The Labute approximate surface area is 165 Å². The first-order valence-electron chi connectivity index (χ1n) is 7.25. The number of anilines is 2. The minimum atomic E-state index is 0. The molecule has 6 nitrogen and oxygen atoms in total. The first kappa shape index (κ1) is 23.6. The van der Waals surface area contributed by atoms with Crippen LogP contribution in [0.4, 0.5) is 11.4 Å². The third-order valence-electron chi connectivity index (χ3n) is 3.53. The van der Waals surface area contributed by atoms with Crippen molar-refractivity contribution >= 4 is 48.3 Å². The highest BCUT2D eigenvalue weighted by Crippen LogP contribution is 2.38. The van der Waals surface area contributed by atoms with Gasteiger partial charge in [0, 0.05) is 0 Å². The molecule has 0 aliphatic heterocycles. The van der Waals surface area contributed by atoms with Gasteiger partial charge in [-0.1, -0.05) is 12.2 Å². The van der Waals surface area contributed by atoms with Crippen molar-refractivity contribution in [1.29, 1.82) is 0 Å². The molecule has 0 radical (unpaired) electrons. The first-order valence-corrected chi connectivity index (χ1v) is 7.25. The Hall–Kier alpha value is -2.44. The molecule has 0 amide bonds. The van der Waals surface area contributed by atoms with Gasteiger partial charge in [-0.05, 0) is 35.4 Å². The summed E-state index contributed by atoms with van der Waals surface area (Å²) in [6, 6.07) is 7.30. The molecule has 4 N–H and O–H groups in total. The van der Waals surface area contributed by atoms with Crippen LogP contribution in [0.5, 0.6) is 23.0 Å². The van der Waals surface area contributed by atoms with Crippen molar-refractivity contribution in [3.8, 4) is 23.0 Å². The molecule has 8 heteroatoms. The summed E-state index contributed by atoms with van der Waals surface area (Å²) in [7, 11) is 6.26. The number of hydrogen-bond donors (Lipinski definition) is 2. The fourth-order valence-corrected chi connectivity index (χ4v) is 2.42. The molecule has 0 saturated heterocycles. The molecule has 0 unspecified atom stereocenters. The van der Waals surface area contributed by atoms with Crippen molar-refractivity contribution in [1.82, 2.24) is 0 Å². The van der Waals surface area contributed by atoms with E-state index in [2.05, 4.69) is 0 Å². The Morgan fingerprint density at radius 1 is 0.615 bits per heavy atom. The van der Waals surface area contributed by atoms with Crippen molar-refractivity contribution in [2.75, 3.05) is 39.9 Å². The Morgan fingerprint density at radius 2 is 1.00 bits per heavy atom. The molecule has 0 saturated carbocycles. The highest BCUT2D eigenvalue weighted by molar-refractivity contribution is 5.85. The molecule has 0 aromatic heterocycles. The molecule has 0 fully saturated rings. The van der Waals surface area contributed by atoms with E-state index in [9.17, 15) is 0 Å². The van der Waals surface area contributed by atoms with E-state index in [1.807, 2.05) is 24.3 Å². The SMILES string of the molecule is COc1cc(/C=C\c2cc(N)c(OC)c(N)c2)cc(OC)c1OC.Cl.Cl. The third kappa shape index (κ3) is 5.03. The number of halogens is 2. The Bertz CT molecular complexity index is 719. The zero-order valence-electron chi connectivity index (χ0n) is 15.1. The lowest BCUT2D eigenvalue weighted by Crippen LogP contribution is -1.98. The molecule has 2 aromatic carbocycles. The molecule has 26 heavy (non-hydrogen) atoms. The maximum Gasteiger partial charge on any atom is 0.203 e. The maximum atomic E-state index is 5.94. The van der Waals surface area contributed by atoms with Crippen LogP contribution in [0.2, 0.25) is 0 Å². The van der Waals surface area contributed by atoms with Crippen LogP contribution in [0, 0.1) is 0 Å². The molecule has 0 aliphatic rings. The van der Waals surface area contributed by atoms with Crippen LogP contribution in [0.25, 0.3) is 12.2 Å². The predicted molar refractivity (Wildman–Crippen MR) is 111 cm³/mol. The average molecular weight is 403 g/mol. The maximum absolute atomic E-state index is 5.94. The lowest BCUT2D eigenvalue weighted by molar-refractivity contribution is 0.324. The van der Waals surface area contributed by atoms with E-state index in [-0.39, 0.29) is 24.8 Å². The summed E-state index contributed by atoms with van der Waals surface area (Å²) in [5, 5.41) is 0. The zero-order chi connectivity index (χ0) is 17.7. The second-order valence-corrected chi connectivity index (χ2v) is 5.02. The second-order valence-electron chi connectivity index (χ2n) is 5.02. The van der Waals surface area contributed by atoms with Gasteiger partial charge in [0.15, 0.2) is 17.2 Å². The van der Waals surface area contributed by atoms with Gasteiger partial charge < -0.3 is 30.4 Å². The standard InChI is InChI=1S/C18H22N2O4.2ClH/c1-21-15-9-12(10-16(22-2)18(15)24-4)6-5-11-7-13(19)17(23-3)14(20)8-11;;/h5-10H,19-20H2,1-4H3;2*1H/b6-5-;;. The van der Waals surface area contributed by atoms with E-state index in [4.69, 9.17) is 30.4 Å². The van der Waals surface area contributed by atoms with Crippen LogP contribution >= 0.6 is 24.8 Å². The van der Waals surface area contributed by atoms with Gasteiger partial charge in [-0.2, -0.15) is 0 Å². The van der Waals surface area contributed by atoms with Crippen LogP contribution < -0.4 is 30.4 Å². The van der Waals surface area contributed by atoms with Gasteiger partial charge in [0.2, 0.25) is 5.75 Å². The highest BCUT2D eigenvalue weighted by Gasteiger charge is 2.12. The number of hydrogen-bond acceptors (Lipinski definition) is 6. The molecule has 0 atom stereocenters. The lowest BCUT2D eigenvalue weighted by atomic mass is 10.1. The molecule has 0 heterocycles. The van der Waals surface area contributed by atoms with Crippen molar-refractivity contribution in [2.45, 2.75) is 0 Å². The Balaban J connectivity index is 0.00000312. The quantitative estimate of drug-likeness (QED) is 0.562. The normalized spacial score (nSPS) is 9.85. The summed E-state index contributed by atoms with van der Waals surface area (Å²) in [5.41, 5.74) is 14.6. The van der Waals surface area contributed by atoms with E-state index in [1.54, 1.807) is 33.5 Å². The van der Waals surface area contributed by atoms with E-state index in [0.717, 1.165) is 11.1 Å². The number of benzene rings is 2. The van der Waals surface area contributed by atoms with E-state index in [0.29, 0.717) is 34.4 Å². The van der Waals surface area contributed by atoms with Crippen molar-refractivity contribution in [3.05, 3.63) is 35.4 Å². The fourth-order valence-electron chi connectivity index (χ4n) is 2.42. The van der Waals surface area contributed by atoms with Crippen molar-refractivity contribution < 1.29 is 18.9 Å². The highest BCUT2D eigenvalue weighted by atomic mass is 35.5. The minimum absolute atomic E-state index is 0. The number of nitrogen functional groups attached to an aromatic ring is 2. The molecule has 0 bridgehead atoms. The van der Waals surface area contributed by atoms with Crippen LogP contribution in [0.15, 0.2) is 24.3 Å². The van der Waals surface area contributed by atoms with Gasteiger partial charge in [0.05, 0.1) is 39.8 Å². The van der Waals surface area contributed by atoms with Gasteiger partial charge in [-0.3, -0.25) is 0 Å². The molecular formula is C18H24Cl2N2O4. The van der Waals surface area contributed by atoms with Gasteiger partial charge >= 0.3 is 0 Å². The molecule has 2 aromatic rings. The summed E-state index contributed by atoms with van der Waals surface area (Å²) in [4.78, 5) is 0. The second kappa shape index (κ2) is 10.5.